The molecule has 0 amide bonds. The maximum absolute atomic E-state index is 9.42. The van der Waals surface area contributed by atoms with Gasteiger partial charge in [-0.25, -0.2) is 0 Å². The van der Waals surface area contributed by atoms with E-state index in [4.69, 9.17) is 9.47 Å². The second kappa shape index (κ2) is 4.37. The second-order valence-electron chi connectivity index (χ2n) is 2.44. The van der Waals surface area contributed by atoms with Gasteiger partial charge in [-0.15, -0.1) is 0 Å². The van der Waals surface area contributed by atoms with Gasteiger partial charge in [0, 0.05) is 10.9 Å². The molecule has 1 aromatic rings. The van der Waals surface area contributed by atoms with Crippen molar-refractivity contribution in [2.75, 3.05) is 14.2 Å². The lowest BCUT2D eigenvalue weighted by molar-refractivity contribution is 0.331. The Bertz CT molecular complexity index is 299. The average molecular weight is 247 g/mol. The van der Waals surface area contributed by atoms with Crippen LogP contribution in [0.3, 0.4) is 0 Å². The zero-order chi connectivity index (χ0) is 9.84. The van der Waals surface area contributed by atoms with Crippen LogP contribution in [0.1, 0.15) is 5.56 Å². The number of ether oxygens (including phenoxy) is 2. The SMILES string of the molecule is COc1c(O)ccc(CBr)c1OC. The fourth-order valence-electron chi connectivity index (χ4n) is 1.12. The van der Waals surface area contributed by atoms with Crippen molar-refractivity contribution in [1.82, 2.24) is 0 Å². The van der Waals surface area contributed by atoms with Crippen LogP contribution in [0.5, 0.6) is 17.2 Å². The van der Waals surface area contributed by atoms with Crippen LogP contribution in [-0.2, 0) is 5.33 Å². The highest BCUT2D eigenvalue weighted by Gasteiger charge is 2.12. The third-order valence-corrected chi connectivity index (χ3v) is 2.33. The molecule has 72 valence electrons. The van der Waals surface area contributed by atoms with Crippen LogP contribution >= 0.6 is 15.9 Å². The van der Waals surface area contributed by atoms with E-state index in [2.05, 4.69) is 15.9 Å². The number of hydrogen-bond acceptors (Lipinski definition) is 3. The van der Waals surface area contributed by atoms with Gasteiger partial charge in [-0.2, -0.15) is 0 Å². The Hall–Kier alpha value is -0.900. The predicted octanol–water partition coefficient (Wildman–Crippen LogP) is 2.30. The number of phenols is 1. The fraction of sp³-hybridized carbons (Fsp3) is 0.333. The zero-order valence-electron chi connectivity index (χ0n) is 7.50. The first-order valence-electron chi connectivity index (χ1n) is 3.73. The molecule has 0 aliphatic heterocycles. The first kappa shape index (κ1) is 10.2. The molecule has 0 spiro atoms. The summed E-state index contributed by atoms with van der Waals surface area (Å²) in [6.07, 6.45) is 0. The van der Waals surface area contributed by atoms with Gasteiger partial charge >= 0.3 is 0 Å². The van der Waals surface area contributed by atoms with Gasteiger partial charge in [0.05, 0.1) is 14.2 Å². The van der Waals surface area contributed by atoms with E-state index in [0.717, 1.165) is 5.56 Å². The van der Waals surface area contributed by atoms with Gasteiger partial charge in [-0.1, -0.05) is 22.0 Å². The van der Waals surface area contributed by atoms with Crippen molar-refractivity contribution in [1.29, 1.82) is 0 Å². The maximum atomic E-state index is 9.42. The topological polar surface area (TPSA) is 38.7 Å². The molecule has 0 radical (unpaired) electrons. The normalized spacial score (nSPS) is 9.77. The number of benzene rings is 1. The average Bonchev–Trinajstić information content (AvgIpc) is 2.17. The van der Waals surface area contributed by atoms with Crippen LogP contribution in [0.15, 0.2) is 12.1 Å². The summed E-state index contributed by atoms with van der Waals surface area (Å²) in [4.78, 5) is 0. The van der Waals surface area contributed by atoms with Crippen molar-refractivity contribution >= 4 is 15.9 Å². The van der Waals surface area contributed by atoms with Gasteiger partial charge < -0.3 is 14.6 Å². The Balaban J connectivity index is 3.27. The largest absolute Gasteiger partial charge is 0.504 e. The van der Waals surface area contributed by atoms with Crippen molar-refractivity contribution in [3.05, 3.63) is 17.7 Å². The summed E-state index contributed by atoms with van der Waals surface area (Å²) >= 11 is 3.32. The lowest BCUT2D eigenvalue weighted by atomic mass is 10.2. The number of methoxy groups -OCH3 is 2. The molecule has 1 aromatic carbocycles. The smallest absolute Gasteiger partial charge is 0.203 e. The lowest BCUT2D eigenvalue weighted by Crippen LogP contribution is -1.94. The molecule has 13 heavy (non-hydrogen) atoms. The van der Waals surface area contributed by atoms with E-state index in [1.165, 1.54) is 7.11 Å². The van der Waals surface area contributed by atoms with Gasteiger partial charge in [0.15, 0.2) is 11.5 Å². The lowest BCUT2D eigenvalue weighted by Gasteiger charge is -2.12. The van der Waals surface area contributed by atoms with Gasteiger partial charge in [0.1, 0.15) is 0 Å². The van der Waals surface area contributed by atoms with Gasteiger partial charge in [0.25, 0.3) is 0 Å². The molecular formula is C9H11BrO3. The number of alkyl halides is 1. The number of hydrogen-bond donors (Lipinski definition) is 1. The number of phenolic OH excluding ortho intramolecular Hbond substituents is 1. The first-order chi connectivity index (χ1) is 6.24. The van der Waals surface area contributed by atoms with E-state index in [-0.39, 0.29) is 5.75 Å². The standard InChI is InChI=1S/C9H11BrO3/c1-12-8-6(5-10)3-4-7(11)9(8)13-2/h3-4,11H,5H2,1-2H3. The summed E-state index contributed by atoms with van der Waals surface area (Å²) in [5, 5.41) is 10.1. The van der Waals surface area contributed by atoms with Crippen LogP contribution in [0.4, 0.5) is 0 Å². The summed E-state index contributed by atoms with van der Waals surface area (Å²) in [6.45, 7) is 0. The molecule has 0 atom stereocenters. The molecule has 0 heterocycles. The highest BCUT2D eigenvalue weighted by molar-refractivity contribution is 9.08. The predicted molar refractivity (Wildman–Crippen MR) is 53.8 cm³/mol. The molecule has 0 saturated carbocycles. The Morgan fingerprint density at radius 2 is 1.85 bits per heavy atom. The van der Waals surface area contributed by atoms with E-state index in [0.29, 0.717) is 16.8 Å². The molecule has 1 N–H and O–H groups in total. The van der Waals surface area contributed by atoms with Gasteiger partial charge in [-0.3, -0.25) is 0 Å². The third kappa shape index (κ3) is 1.88. The van der Waals surface area contributed by atoms with E-state index in [1.54, 1.807) is 19.2 Å². The van der Waals surface area contributed by atoms with Crippen LogP contribution in [0.2, 0.25) is 0 Å². The quantitative estimate of drug-likeness (QED) is 0.833. The Kier molecular flexibility index (Phi) is 3.42. The third-order valence-electron chi connectivity index (χ3n) is 1.73. The Morgan fingerprint density at radius 1 is 1.23 bits per heavy atom. The molecule has 0 saturated heterocycles. The summed E-state index contributed by atoms with van der Waals surface area (Å²) < 4.78 is 10.1. The van der Waals surface area contributed by atoms with Crippen molar-refractivity contribution in [2.24, 2.45) is 0 Å². The molecule has 4 heteroatoms. The van der Waals surface area contributed by atoms with Crippen LogP contribution in [0.25, 0.3) is 0 Å². The molecule has 3 nitrogen and oxygen atoms in total. The number of aromatic hydroxyl groups is 1. The first-order valence-corrected chi connectivity index (χ1v) is 4.85. The molecule has 0 bridgehead atoms. The van der Waals surface area contributed by atoms with Crippen molar-refractivity contribution in [2.45, 2.75) is 5.33 Å². The molecular weight excluding hydrogens is 236 g/mol. The number of halogens is 1. The van der Waals surface area contributed by atoms with Crippen LogP contribution in [-0.4, -0.2) is 19.3 Å². The molecule has 0 fully saturated rings. The van der Waals surface area contributed by atoms with E-state index >= 15 is 0 Å². The van der Waals surface area contributed by atoms with Crippen LogP contribution in [0, 0.1) is 0 Å². The van der Waals surface area contributed by atoms with Crippen LogP contribution < -0.4 is 9.47 Å². The van der Waals surface area contributed by atoms with E-state index in [1.807, 2.05) is 0 Å². The molecule has 0 aromatic heterocycles. The molecule has 0 aliphatic rings. The second-order valence-corrected chi connectivity index (χ2v) is 3.00. The Morgan fingerprint density at radius 3 is 2.31 bits per heavy atom. The van der Waals surface area contributed by atoms with Crippen molar-refractivity contribution in [3.8, 4) is 17.2 Å². The minimum Gasteiger partial charge on any atom is -0.504 e. The summed E-state index contributed by atoms with van der Waals surface area (Å²) in [5.74, 6) is 1.03. The van der Waals surface area contributed by atoms with Crippen molar-refractivity contribution < 1.29 is 14.6 Å². The maximum Gasteiger partial charge on any atom is 0.203 e. The summed E-state index contributed by atoms with van der Waals surface area (Å²) in [5.41, 5.74) is 0.942. The van der Waals surface area contributed by atoms with Gasteiger partial charge in [-0.05, 0) is 6.07 Å². The van der Waals surface area contributed by atoms with E-state index < -0.39 is 0 Å². The minimum absolute atomic E-state index is 0.0871. The highest BCUT2D eigenvalue weighted by atomic mass is 79.9. The Labute approximate surface area is 85.4 Å². The summed E-state index contributed by atoms with van der Waals surface area (Å²) in [6, 6.07) is 3.36. The number of rotatable bonds is 3. The molecule has 0 aliphatic carbocycles. The molecule has 1 rings (SSSR count). The van der Waals surface area contributed by atoms with Gasteiger partial charge in [0.2, 0.25) is 5.75 Å². The molecule has 0 unspecified atom stereocenters. The minimum atomic E-state index is 0.0871. The highest BCUT2D eigenvalue weighted by Crippen LogP contribution is 2.39. The fourth-order valence-corrected chi connectivity index (χ4v) is 1.56. The zero-order valence-corrected chi connectivity index (χ0v) is 9.09. The van der Waals surface area contributed by atoms with Crippen molar-refractivity contribution in [3.63, 3.8) is 0 Å². The summed E-state index contributed by atoms with van der Waals surface area (Å²) in [7, 11) is 3.04. The van der Waals surface area contributed by atoms with E-state index in [9.17, 15) is 5.11 Å². The monoisotopic (exact) mass is 246 g/mol.